The summed E-state index contributed by atoms with van der Waals surface area (Å²) in [5.41, 5.74) is 0.810. The maximum Gasteiger partial charge on any atom is 0.262 e. The summed E-state index contributed by atoms with van der Waals surface area (Å²) < 4.78 is 32.5. The van der Waals surface area contributed by atoms with Crippen molar-refractivity contribution in [2.24, 2.45) is 5.92 Å². The fraction of sp³-hybridized carbons (Fsp3) is 0.375. The van der Waals surface area contributed by atoms with E-state index in [2.05, 4.69) is 5.32 Å². The molecule has 0 bridgehead atoms. The van der Waals surface area contributed by atoms with E-state index in [0.29, 0.717) is 13.2 Å². The second-order valence-electron chi connectivity index (χ2n) is 8.70. The van der Waals surface area contributed by atoms with Crippen LogP contribution in [0.1, 0.15) is 41.0 Å². The maximum absolute atomic E-state index is 13.3. The number of nitrogens with zero attached hydrogens (tertiary/aromatic N) is 2. The van der Waals surface area contributed by atoms with Gasteiger partial charge in [0.05, 0.1) is 29.2 Å². The van der Waals surface area contributed by atoms with Crippen LogP contribution in [0.5, 0.6) is 0 Å². The highest BCUT2D eigenvalue weighted by molar-refractivity contribution is 7.89. The molecule has 0 aromatic heterocycles. The number of amides is 3. The van der Waals surface area contributed by atoms with Crippen molar-refractivity contribution in [3.63, 3.8) is 0 Å². The number of rotatable bonds is 7. The number of nitrogens with one attached hydrogen (secondary N) is 1. The number of imide groups is 1. The lowest BCUT2D eigenvalue weighted by Gasteiger charge is -2.27. The molecule has 0 saturated carbocycles. The van der Waals surface area contributed by atoms with Crippen molar-refractivity contribution in [1.29, 1.82) is 0 Å². The first-order valence-corrected chi connectivity index (χ1v) is 12.6. The van der Waals surface area contributed by atoms with E-state index in [-0.39, 0.29) is 47.1 Å². The predicted octanol–water partition coefficient (Wildman–Crippen LogP) is 2.36. The molecule has 180 valence electrons. The molecule has 1 N–H and O–H groups in total. The Balaban J connectivity index is 1.58. The number of carbonyl (C=O) groups excluding carboxylic acids is 3. The molecule has 2 aliphatic rings. The summed E-state index contributed by atoms with van der Waals surface area (Å²) in [5, 5.41) is 2.71. The minimum absolute atomic E-state index is 0.0214. The van der Waals surface area contributed by atoms with E-state index in [1.807, 2.05) is 13.8 Å². The molecule has 4 rings (SSSR count). The van der Waals surface area contributed by atoms with Gasteiger partial charge in [-0.15, -0.1) is 0 Å². The molecule has 1 saturated heterocycles. The lowest BCUT2D eigenvalue weighted by molar-refractivity contribution is -0.120. The van der Waals surface area contributed by atoms with Crippen LogP contribution >= 0.6 is 0 Å². The van der Waals surface area contributed by atoms with Crippen molar-refractivity contribution in [3.05, 3.63) is 59.7 Å². The topological polar surface area (TPSA) is 113 Å². The SMILES string of the molecule is CC(C)CC(C(=O)Nc1cccc(S(=O)(=O)N2CCOCC2)c1)N1C(=O)c2ccccc2C1=O. The molecule has 3 amide bonds. The fourth-order valence-electron chi connectivity index (χ4n) is 4.16. The van der Waals surface area contributed by atoms with E-state index in [4.69, 9.17) is 4.74 Å². The van der Waals surface area contributed by atoms with Crippen molar-refractivity contribution in [2.45, 2.75) is 31.2 Å². The predicted molar refractivity (Wildman–Crippen MR) is 125 cm³/mol. The normalized spacial score (nSPS) is 17.7. The lowest BCUT2D eigenvalue weighted by atomic mass is 10.0. The molecule has 2 aliphatic heterocycles. The van der Waals surface area contributed by atoms with Crippen molar-refractivity contribution < 1.29 is 27.5 Å². The molecule has 10 heteroatoms. The van der Waals surface area contributed by atoms with Crippen LogP contribution in [-0.4, -0.2) is 67.7 Å². The van der Waals surface area contributed by atoms with Crippen LogP contribution in [0.2, 0.25) is 0 Å². The quantitative estimate of drug-likeness (QED) is 0.603. The average Bonchev–Trinajstić information content (AvgIpc) is 3.08. The first-order valence-electron chi connectivity index (χ1n) is 11.2. The molecule has 0 aliphatic carbocycles. The summed E-state index contributed by atoms with van der Waals surface area (Å²) in [6.45, 7) is 4.96. The lowest BCUT2D eigenvalue weighted by Crippen LogP contribution is -2.48. The number of sulfonamides is 1. The van der Waals surface area contributed by atoms with Gasteiger partial charge in [0.25, 0.3) is 11.8 Å². The van der Waals surface area contributed by atoms with Gasteiger partial charge in [-0.1, -0.05) is 32.0 Å². The zero-order valence-electron chi connectivity index (χ0n) is 19.1. The molecule has 9 nitrogen and oxygen atoms in total. The Hall–Kier alpha value is -3.08. The summed E-state index contributed by atoms with van der Waals surface area (Å²) in [6, 6.07) is 11.4. The van der Waals surface area contributed by atoms with Crippen LogP contribution in [-0.2, 0) is 19.6 Å². The number of morpholine rings is 1. The number of anilines is 1. The van der Waals surface area contributed by atoms with Gasteiger partial charge in [0.1, 0.15) is 6.04 Å². The maximum atomic E-state index is 13.3. The van der Waals surface area contributed by atoms with E-state index in [9.17, 15) is 22.8 Å². The van der Waals surface area contributed by atoms with Gasteiger partial charge in [0, 0.05) is 18.8 Å². The van der Waals surface area contributed by atoms with Gasteiger partial charge in [-0.05, 0) is 42.7 Å². The molecule has 1 atom stereocenters. The molecule has 0 radical (unpaired) electrons. The highest BCUT2D eigenvalue weighted by Gasteiger charge is 2.42. The van der Waals surface area contributed by atoms with E-state index in [0.717, 1.165) is 4.90 Å². The largest absolute Gasteiger partial charge is 0.379 e. The number of benzene rings is 2. The summed E-state index contributed by atoms with van der Waals surface area (Å²) >= 11 is 0. The van der Waals surface area contributed by atoms with Gasteiger partial charge in [0.15, 0.2) is 0 Å². The number of fused-ring (bicyclic) bond motifs is 1. The Labute approximate surface area is 198 Å². The molecule has 2 aromatic rings. The Morgan fingerprint density at radius 3 is 2.21 bits per heavy atom. The first kappa shape index (κ1) is 24.1. The second kappa shape index (κ2) is 9.65. The highest BCUT2D eigenvalue weighted by Crippen LogP contribution is 2.28. The summed E-state index contributed by atoms with van der Waals surface area (Å²) in [5.74, 6) is -1.55. The monoisotopic (exact) mass is 485 g/mol. The van der Waals surface area contributed by atoms with Crippen molar-refractivity contribution in [3.8, 4) is 0 Å². The van der Waals surface area contributed by atoms with Crippen LogP contribution in [0.25, 0.3) is 0 Å². The third-order valence-corrected chi connectivity index (χ3v) is 7.74. The molecule has 1 unspecified atom stereocenters. The summed E-state index contributed by atoms with van der Waals surface area (Å²) in [6.07, 6.45) is 0.267. The van der Waals surface area contributed by atoms with Crippen LogP contribution in [0, 0.1) is 5.92 Å². The van der Waals surface area contributed by atoms with Gasteiger partial charge >= 0.3 is 0 Å². The van der Waals surface area contributed by atoms with Gasteiger partial charge in [0.2, 0.25) is 15.9 Å². The van der Waals surface area contributed by atoms with Crippen molar-refractivity contribution >= 4 is 33.4 Å². The van der Waals surface area contributed by atoms with Gasteiger partial charge in [-0.2, -0.15) is 4.31 Å². The average molecular weight is 486 g/mol. The molecule has 1 fully saturated rings. The van der Waals surface area contributed by atoms with Crippen molar-refractivity contribution in [1.82, 2.24) is 9.21 Å². The van der Waals surface area contributed by atoms with Gasteiger partial charge in [-0.3, -0.25) is 19.3 Å². The van der Waals surface area contributed by atoms with Gasteiger partial charge in [-0.25, -0.2) is 8.42 Å². The fourth-order valence-corrected chi connectivity index (χ4v) is 5.62. The number of hydrogen-bond donors (Lipinski definition) is 1. The zero-order valence-corrected chi connectivity index (χ0v) is 19.9. The number of hydrogen-bond acceptors (Lipinski definition) is 6. The second-order valence-corrected chi connectivity index (χ2v) is 10.6. The third-order valence-electron chi connectivity index (χ3n) is 5.84. The van der Waals surface area contributed by atoms with E-state index < -0.39 is 33.8 Å². The molecular weight excluding hydrogens is 458 g/mol. The van der Waals surface area contributed by atoms with E-state index in [1.165, 1.54) is 16.4 Å². The van der Waals surface area contributed by atoms with Crippen molar-refractivity contribution in [2.75, 3.05) is 31.6 Å². The number of ether oxygens (including phenoxy) is 1. The van der Waals surface area contributed by atoms with E-state index >= 15 is 0 Å². The van der Waals surface area contributed by atoms with E-state index in [1.54, 1.807) is 36.4 Å². The Morgan fingerprint density at radius 1 is 1.00 bits per heavy atom. The van der Waals surface area contributed by atoms with Crippen LogP contribution in [0.4, 0.5) is 5.69 Å². The van der Waals surface area contributed by atoms with Crippen LogP contribution in [0.15, 0.2) is 53.4 Å². The molecular formula is C24H27N3O6S. The Kier molecular flexibility index (Phi) is 6.83. The van der Waals surface area contributed by atoms with Gasteiger partial charge < -0.3 is 10.1 Å². The summed E-state index contributed by atoms with van der Waals surface area (Å²) in [4.78, 5) is 40.3. The smallest absolute Gasteiger partial charge is 0.262 e. The Bertz CT molecular complexity index is 1190. The third kappa shape index (κ3) is 4.61. The minimum atomic E-state index is -3.75. The standard InChI is InChI=1S/C24H27N3O6S/c1-16(2)14-21(27-23(29)19-8-3-4-9-20(19)24(27)30)22(28)25-17-6-5-7-18(15-17)34(31,32)26-10-12-33-13-11-26/h3-9,15-16,21H,10-14H2,1-2H3,(H,25,28). The number of carbonyl (C=O) groups is 3. The first-order chi connectivity index (χ1) is 16.2. The zero-order chi connectivity index (χ0) is 24.5. The molecule has 0 spiro atoms. The summed E-state index contributed by atoms with van der Waals surface area (Å²) in [7, 11) is -3.75. The minimum Gasteiger partial charge on any atom is -0.379 e. The molecule has 34 heavy (non-hydrogen) atoms. The van der Waals surface area contributed by atoms with Crippen LogP contribution in [0.3, 0.4) is 0 Å². The van der Waals surface area contributed by atoms with Crippen LogP contribution < -0.4 is 5.32 Å². The molecule has 2 aromatic carbocycles. The molecule has 2 heterocycles. The highest BCUT2D eigenvalue weighted by atomic mass is 32.2. The Morgan fingerprint density at radius 2 is 1.62 bits per heavy atom.